The summed E-state index contributed by atoms with van der Waals surface area (Å²) in [5.41, 5.74) is 25.2. The van der Waals surface area contributed by atoms with Gasteiger partial charge in [-0.3, -0.25) is 38.8 Å². The van der Waals surface area contributed by atoms with E-state index in [1.165, 1.54) is 58.3 Å². The molecule has 4 aliphatic rings. The number of aromatic carboxylic acids is 1. The first-order valence-electron chi connectivity index (χ1n) is 28.5. The van der Waals surface area contributed by atoms with Crippen molar-refractivity contribution in [3.05, 3.63) is 131 Å². The highest BCUT2D eigenvalue weighted by molar-refractivity contribution is 7.89. The van der Waals surface area contributed by atoms with Crippen LogP contribution in [0.4, 0.5) is 5.69 Å². The molecule has 0 radical (unpaired) electrons. The Morgan fingerprint density at radius 3 is 1.69 bits per heavy atom. The molecule has 2 saturated heterocycles. The molecule has 0 aromatic heterocycles. The number of carboxylic acids is 1. The molecule has 14 N–H and O–H groups in total. The molecule has 1 aliphatic carbocycles. The summed E-state index contributed by atoms with van der Waals surface area (Å²) in [7, 11) is -8.13. The fraction of sp³-hybridized carbons (Fsp3) is 0.333. The van der Waals surface area contributed by atoms with Crippen molar-refractivity contribution in [3.63, 3.8) is 0 Å². The predicted molar refractivity (Wildman–Crippen MR) is 330 cm³/mol. The molecule has 89 heavy (non-hydrogen) atoms. The van der Waals surface area contributed by atoms with Gasteiger partial charge in [-0.1, -0.05) is 53.6 Å². The van der Waals surface area contributed by atoms with Gasteiger partial charge in [0.15, 0.2) is 11.9 Å². The largest absolute Gasteiger partial charge is 0.478 e. The van der Waals surface area contributed by atoms with Gasteiger partial charge in [0, 0.05) is 60.5 Å². The van der Waals surface area contributed by atoms with Gasteiger partial charge in [-0.2, -0.15) is 0 Å². The van der Waals surface area contributed by atoms with Gasteiger partial charge in [0.05, 0.1) is 33.8 Å². The van der Waals surface area contributed by atoms with Crippen molar-refractivity contribution in [1.29, 1.82) is 0 Å². The molecule has 3 aliphatic heterocycles. The van der Waals surface area contributed by atoms with Crippen molar-refractivity contribution in [2.45, 2.75) is 99.2 Å². The van der Waals surface area contributed by atoms with E-state index in [1.54, 1.807) is 74.5 Å². The van der Waals surface area contributed by atoms with Gasteiger partial charge in [0.2, 0.25) is 49.6 Å². The van der Waals surface area contributed by atoms with Crippen molar-refractivity contribution in [3.8, 4) is 22.5 Å². The SMILES string of the molecule is Cc1ccc(S(=O)(=O)NCC(=O)N2CCC[C@H]2C(=O)N[C@@H](CCCN=C(N)N)C(=O)N=c2ccc3c(-c4ccccc4C(=O)O)c4ccc(NC(=O)[C@H](CCCN=C(N)N)NC(=O)[C@@H]5CCCN5C(=O)CNS(=O)(=O)c5ccc(C)cc5)cc4oc-3c2)cc1. The Morgan fingerprint density at radius 2 is 1.16 bits per heavy atom. The number of carboxylic acid groups (broad SMARTS) is 1. The zero-order valence-corrected chi connectivity index (χ0v) is 50.4. The molecule has 0 unspecified atom stereocenters. The molecule has 470 valence electrons. The number of rotatable bonds is 25. The molecular formula is C60H70N14O13S2. The highest BCUT2D eigenvalue weighted by Gasteiger charge is 2.38. The van der Waals surface area contributed by atoms with Gasteiger partial charge in [0.1, 0.15) is 35.5 Å². The van der Waals surface area contributed by atoms with Crippen LogP contribution in [-0.2, 0) is 48.8 Å². The predicted octanol–water partition coefficient (Wildman–Crippen LogP) is 1.90. The number of nitrogens with zero attached hydrogens (tertiary/aromatic N) is 5. The standard InChI is InChI=1S/C60H70N14O13S2/c1-35-15-21-39(22-16-35)88(83,84)67-33-51(75)73-29-7-13-47(73)56(79)71-45(11-5-27-65-59(61)62)54(77)69-37-19-25-43-49(31-37)87-50-32-38(20-26-44(50)53(43)41-9-3-4-10-42(41)58(81)82)70-55(78)46(12-6-28-66-60(63)64)72-57(80)48-14-8-30-74(48)52(76)34-68-89(85,86)40-23-17-36(2)18-24-40/h3-4,9-10,15-26,31-32,45-48,67-68H,5-8,11-14,27-30,33-34H2,1-2H3,(H,69,77)(H,71,79)(H,72,80)(H,81,82)(H4,61,62,65)(H4,63,64,66)/t45-,46-,47-,48-/m0/s1. The van der Waals surface area contributed by atoms with Crippen LogP contribution in [0.2, 0.25) is 0 Å². The highest BCUT2D eigenvalue weighted by atomic mass is 32.2. The number of guanidine groups is 2. The van der Waals surface area contributed by atoms with Crippen LogP contribution in [0.15, 0.2) is 138 Å². The first-order valence-corrected chi connectivity index (χ1v) is 31.5. The van der Waals surface area contributed by atoms with Gasteiger partial charge >= 0.3 is 5.97 Å². The van der Waals surface area contributed by atoms with Crippen LogP contribution in [0.3, 0.4) is 0 Å². The molecule has 0 bridgehead atoms. The number of carbonyl (C=O) groups is 7. The quantitative estimate of drug-likeness (QED) is 0.0169. The maximum absolute atomic E-state index is 14.4. The topological polar surface area (TPSA) is 429 Å². The summed E-state index contributed by atoms with van der Waals surface area (Å²) in [4.78, 5) is 111. The number of aliphatic imine (C=N–C) groups is 2. The first kappa shape index (κ1) is 65.4. The zero-order chi connectivity index (χ0) is 64.2. The van der Waals surface area contributed by atoms with E-state index in [1.807, 2.05) is 0 Å². The summed E-state index contributed by atoms with van der Waals surface area (Å²) >= 11 is 0. The number of amides is 6. The zero-order valence-electron chi connectivity index (χ0n) is 48.8. The summed E-state index contributed by atoms with van der Waals surface area (Å²) in [6, 6.07) is 23.0. The fourth-order valence-electron chi connectivity index (χ4n) is 10.5. The van der Waals surface area contributed by atoms with Crippen LogP contribution in [-0.4, -0.2) is 149 Å². The Bertz CT molecular complexity index is 4000. The van der Waals surface area contributed by atoms with Crippen molar-refractivity contribution in [2.24, 2.45) is 37.9 Å². The van der Waals surface area contributed by atoms with Crippen molar-refractivity contribution in [1.82, 2.24) is 29.9 Å². The second-order valence-electron chi connectivity index (χ2n) is 21.4. The fourth-order valence-corrected chi connectivity index (χ4v) is 12.5. The summed E-state index contributed by atoms with van der Waals surface area (Å²) in [5.74, 6) is -5.63. The molecule has 29 heteroatoms. The molecule has 3 heterocycles. The average Bonchev–Trinajstić information content (AvgIpc) is 1.60. The lowest BCUT2D eigenvalue weighted by Crippen LogP contribution is -2.53. The summed E-state index contributed by atoms with van der Waals surface area (Å²) in [6.07, 6.45) is 1.75. The Balaban J connectivity index is 1.06. The highest BCUT2D eigenvalue weighted by Crippen LogP contribution is 2.42. The van der Waals surface area contributed by atoms with Crippen molar-refractivity contribution < 1.29 is 59.9 Å². The van der Waals surface area contributed by atoms with Crippen LogP contribution in [0, 0.1) is 13.8 Å². The summed E-state index contributed by atoms with van der Waals surface area (Å²) in [6.45, 7) is 2.85. The van der Waals surface area contributed by atoms with Gasteiger partial charge in [-0.25, -0.2) is 36.1 Å². The number of sulfonamides is 2. The molecule has 4 aromatic carbocycles. The molecular weight excluding hydrogens is 1190 g/mol. The Kier molecular flexibility index (Phi) is 21.3. The van der Waals surface area contributed by atoms with E-state index >= 15 is 0 Å². The Labute approximate surface area is 512 Å². The second kappa shape index (κ2) is 29.0. The normalized spacial score (nSPS) is 15.9. The van der Waals surface area contributed by atoms with Crippen LogP contribution >= 0.6 is 0 Å². The van der Waals surface area contributed by atoms with E-state index in [-0.39, 0.29) is 114 Å². The number of hydrogen-bond donors (Lipinski definition) is 10. The molecule has 0 saturated carbocycles. The molecule has 4 aromatic rings. The summed E-state index contributed by atoms with van der Waals surface area (Å²) < 4.78 is 63.2. The lowest BCUT2D eigenvalue weighted by molar-refractivity contribution is -0.138. The number of fused-ring (bicyclic) bond motifs is 2. The second-order valence-corrected chi connectivity index (χ2v) is 25.0. The van der Waals surface area contributed by atoms with Gasteiger partial charge in [-0.05, 0) is 125 Å². The van der Waals surface area contributed by atoms with Crippen LogP contribution < -0.4 is 53.7 Å². The van der Waals surface area contributed by atoms with E-state index in [0.29, 0.717) is 34.9 Å². The van der Waals surface area contributed by atoms with Crippen molar-refractivity contribution >= 4 is 90.0 Å². The van der Waals surface area contributed by atoms with Gasteiger partial charge in [-0.15, -0.1) is 0 Å². The number of aryl methyl sites for hydroxylation is 2. The summed E-state index contributed by atoms with van der Waals surface area (Å²) in [5, 5.41) is 19.2. The molecule has 8 rings (SSSR count). The molecule has 0 spiro atoms. The number of benzene rings is 5. The number of anilines is 1. The van der Waals surface area contributed by atoms with E-state index in [0.717, 1.165) is 11.1 Å². The Hall–Kier alpha value is -9.58. The first-order chi connectivity index (χ1) is 42.4. The monoisotopic (exact) mass is 1260 g/mol. The minimum atomic E-state index is -4.07. The average molecular weight is 1260 g/mol. The van der Waals surface area contributed by atoms with Crippen LogP contribution in [0.1, 0.15) is 72.9 Å². The third kappa shape index (κ3) is 16.7. The minimum absolute atomic E-state index is 0.00403. The third-order valence-corrected chi connectivity index (χ3v) is 17.9. The molecule has 2 fully saturated rings. The number of nitrogens with one attached hydrogen (secondary N) is 5. The number of nitrogens with two attached hydrogens (primary N) is 4. The molecule has 27 nitrogen and oxygen atoms in total. The smallest absolute Gasteiger partial charge is 0.336 e. The lowest BCUT2D eigenvalue weighted by atomic mass is 9.90. The lowest BCUT2D eigenvalue weighted by Gasteiger charge is -2.26. The maximum Gasteiger partial charge on any atom is 0.336 e. The van der Waals surface area contributed by atoms with E-state index < -0.39 is 98.7 Å². The van der Waals surface area contributed by atoms with Crippen molar-refractivity contribution in [2.75, 3.05) is 44.6 Å². The molecule has 6 amide bonds. The third-order valence-electron chi connectivity index (χ3n) is 15.0. The Morgan fingerprint density at radius 1 is 0.640 bits per heavy atom. The van der Waals surface area contributed by atoms with Gasteiger partial charge in [0.25, 0.3) is 5.91 Å². The molecule has 4 atom stereocenters. The van der Waals surface area contributed by atoms with E-state index in [4.69, 9.17) is 27.4 Å². The van der Waals surface area contributed by atoms with Crippen LogP contribution in [0.5, 0.6) is 0 Å². The minimum Gasteiger partial charge on any atom is -0.478 e. The van der Waals surface area contributed by atoms with Gasteiger partial charge < -0.3 is 58.2 Å². The maximum atomic E-state index is 14.4. The number of hydrogen-bond acceptors (Lipinski definition) is 14. The number of likely N-dealkylation sites (tertiary alicyclic amines) is 2. The van der Waals surface area contributed by atoms with Crippen LogP contribution in [0.25, 0.3) is 33.4 Å². The van der Waals surface area contributed by atoms with E-state index in [2.05, 4.69) is 40.4 Å². The number of carbonyl (C=O) groups excluding carboxylic acids is 6. The van der Waals surface area contributed by atoms with E-state index in [9.17, 15) is 55.5 Å².